The summed E-state index contributed by atoms with van der Waals surface area (Å²) in [5.41, 5.74) is 0.377. The van der Waals surface area contributed by atoms with Crippen molar-refractivity contribution >= 4 is 151 Å². The van der Waals surface area contributed by atoms with Gasteiger partial charge in [-0.25, -0.2) is 9.97 Å². The van der Waals surface area contributed by atoms with Gasteiger partial charge in [0.05, 0.1) is 70.0 Å². The molecule has 0 bridgehead atoms. The number of benzene rings is 16. The summed E-state index contributed by atoms with van der Waals surface area (Å²) in [4.78, 5) is 28.4. The van der Waals surface area contributed by atoms with Gasteiger partial charge in [0, 0.05) is 106 Å². The highest BCUT2D eigenvalue weighted by atomic mass is 32.1. The number of hydrogen-bond donors (Lipinski definition) is 0. The van der Waals surface area contributed by atoms with Crippen LogP contribution < -0.4 is 0 Å². The average Bonchev–Trinajstić information content (AvgIpc) is 1.52. The van der Waals surface area contributed by atoms with Gasteiger partial charge in [-0.3, -0.25) is 9.13 Å². The van der Waals surface area contributed by atoms with Gasteiger partial charge >= 0.3 is 0 Å². The molecule has 0 aliphatic rings. The van der Waals surface area contributed by atoms with Crippen LogP contribution in [0.1, 0.15) is 48.0 Å². The van der Waals surface area contributed by atoms with E-state index in [2.05, 4.69) is 15.0 Å². The molecule has 16 aromatic carbocycles. The molecule has 532 valence electrons. The Morgan fingerprint density at radius 1 is 0.237 bits per heavy atom. The highest BCUT2D eigenvalue weighted by Gasteiger charge is 2.25. The van der Waals surface area contributed by atoms with Gasteiger partial charge in [0.25, 0.3) is 0 Å². The molecule has 12 heteroatoms. The van der Waals surface area contributed by atoms with Gasteiger partial charge in [0.1, 0.15) is 22.3 Å². The maximum absolute atomic E-state index is 10.0. The Labute approximate surface area is 708 Å². The summed E-state index contributed by atoms with van der Waals surface area (Å²) in [5.74, 6) is -2.27. The van der Waals surface area contributed by atoms with Gasteiger partial charge in [-0.15, -0.1) is 22.7 Å². The number of nitrogens with zero attached hydrogens (tertiary/aromatic N) is 8. The van der Waals surface area contributed by atoms with Crippen LogP contribution in [0.4, 0.5) is 0 Å². The third-order valence-corrected chi connectivity index (χ3v) is 21.6. The number of thiophene rings is 2. The molecule has 114 heavy (non-hydrogen) atoms. The van der Waals surface area contributed by atoms with Crippen LogP contribution in [-0.2, 0) is 0 Å². The minimum atomic E-state index is -0.932. The topological polar surface area (TPSA) is 113 Å². The Bertz CT molecular complexity index is 10200. The van der Waals surface area contributed by atoms with Crippen LogP contribution in [0.2, 0.25) is 0 Å². The van der Waals surface area contributed by atoms with Gasteiger partial charge in [-0.2, -0.15) is 19.9 Å². The van der Waals surface area contributed by atoms with E-state index in [1.807, 2.05) is 78.9 Å². The van der Waals surface area contributed by atoms with Crippen LogP contribution in [0, 0.1) is 0 Å². The lowest BCUT2D eigenvalue weighted by atomic mass is 9.99. The third kappa shape index (κ3) is 10.8. The van der Waals surface area contributed by atoms with Crippen molar-refractivity contribution in [2.45, 2.75) is 0 Å². The van der Waals surface area contributed by atoms with Crippen molar-refractivity contribution in [2.24, 2.45) is 0 Å². The summed E-state index contributed by atoms with van der Waals surface area (Å²) in [6, 6.07) is 23.9. The lowest BCUT2D eigenvalue weighted by Gasteiger charge is -2.11. The molecule has 0 spiro atoms. The fourth-order valence-electron chi connectivity index (χ4n) is 14.4. The number of hydrogen-bond acceptors (Lipinski definition) is 10. The van der Waals surface area contributed by atoms with Crippen LogP contribution in [0.15, 0.2) is 372 Å². The van der Waals surface area contributed by atoms with E-state index in [0.29, 0.717) is 37.9 Å². The zero-order chi connectivity index (χ0) is 105. The Morgan fingerprint density at radius 3 is 1.40 bits per heavy atom. The van der Waals surface area contributed by atoms with Crippen molar-refractivity contribution in [3.8, 4) is 102 Å². The molecule has 8 heterocycles. The molecule has 0 saturated carbocycles. The van der Waals surface area contributed by atoms with E-state index >= 15 is 0 Å². The van der Waals surface area contributed by atoms with Crippen molar-refractivity contribution in [1.82, 2.24) is 39.0 Å². The molecule has 24 aromatic rings. The Hall–Kier alpha value is -14.8. The Balaban J connectivity index is 0.000000167. The normalized spacial score (nSPS) is 16.2. The Morgan fingerprint density at radius 2 is 0.728 bits per heavy atom. The van der Waals surface area contributed by atoms with E-state index in [1.165, 1.54) is 4.57 Å². The number of fused-ring (bicyclic) bond motifs is 18. The molecule has 0 saturated heterocycles. The number of furan rings is 2. The molecule has 8 aromatic heterocycles. The van der Waals surface area contributed by atoms with Gasteiger partial charge in [-0.1, -0.05) is 285 Å². The van der Waals surface area contributed by atoms with E-state index in [9.17, 15) is 19.2 Å². The monoisotopic (exact) mass is 1530 g/mol. The third-order valence-electron chi connectivity index (χ3n) is 19.5. The SMILES string of the molecule is [2H]c1c(-c2ccccc2)c([2H])c2sc3c([2H])c4c(c([2H])c3c2c1[2H])c1c([2H])c([2H])c([2H])c([2H])c1n4-c1nc(-c2ccccc2)nc(-c2ccc3c(oc4cccc(-c5ccccc5)c43)c2[2H])n1.[2H]c1c([2H])c([2H])c(-c2nc(-c3c([2H])c([2H])c4c(oc5c([2H])c([2H])c([2H])c(-c6c([2H])c([2H])c([2H])c([2H])c6[2H])c54)c3[2H])nc(-n3c4c([2H])c([2H])c([2H])c([2H])c4c4c([2H])c5c(sc6c(-c7ccccc7)c([2H])c([2H])c([2H])c65)c([2H])c43)n2)c([2H])c1[2H]. The van der Waals surface area contributed by atoms with E-state index in [4.69, 9.17) is 52.6 Å². The van der Waals surface area contributed by atoms with Crippen molar-refractivity contribution in [1.29, 1.82) is 0 Å². The van der Waals surface area contributed by atoms with Crippen LogP contribution in [0.25, 0.3) is 230 Å². The van der Waals surface area contributed by atoms with Crippen LogP contribution in [0.5, 0.6) is 0 Å². The maximum Gasteiger partial charge on any atom is 0.238 e. The zero-order valence-electron chi connectivity index (χ0n) is 93.1. The minimum absolute atomic E-state index is 0.00177. The number of rotatable bonds is 10. The van der Waals surface area contributed by atoms with E-state index < -0.39 is 236 Å². The van der Waals surface area contributed by atoms with Crippen LogP contribution >= 0.6 is 22.7 Å². The molecular formula is C102H60N8O2S2. The van der Waals surface area contributed by atoms with Crippen molar-refractivity contribution < 1.29 is 56.8 Å². The van der Waals surface area contributed by atoms with E-state index in [-0.39, 0.29) is 150 Å². The molecule has 0 radical (unpaired) electrons. The first-order chi connectivity index (χ1) is 71.1. The molecule has 0 N–H and O–H groups in total. The molecule has 0 amide bonds. The van der Waals surface area contributed by atoms with Crippen molar-refractivity contribution in [3.63, 3.8) is 0 Å². The lowest BCUT2D eigenvalue weighted by Crippen LogP contribution is -2.06. The summed E-state index contributed by atoms with van der Waals surface area (Å²) in [7, 11) is 0. The first kappa shape index (κ1) is 39.2. The van der Waals surface area contributed by atoms with Gasteiger partial charge in [0.15, 0.2) is 23.3 Å². The predicted octanol–water partition coefficient (Wildman–Crippen LogP) is 27.8. The smallest absolute Gasteiger partial charge is 0.238 e. The summed E-state index contributed by atoms with van der Waals surface area (Å²) in [6.45, 7) is 0. The van der Waals surface area contributed by atoms with Gasteiger partial charge in [-0.05, 0) is 123 Å². The predicted molar refractivity (Wildman–Crippen MR) is 472 cm³/mol. The zero-order valence-corrected chi connectivity index (χ0v) is 59.8. The molecule has 0 aliphatic heterocycles. The Kier molecular flexibility index (Phi) is 9.10. The van der Waals surface area contributed by atoms with Crippen molar-refractivity contribution in [3.05, 3.63) is 363 Å². The molecular weight excluding hydrogens is 1430 g/mol. The maximum atomic E-state index is 10.0. The number of aromatic nitrogens is 8. The standard InChI is InChI=1S/2C51H30N4OS/c1-4-14-31(15-5-1)35-21-13-25-44-47(35)39-27-26-34(28-45(39)56-44)50-52-49(33-18-8-3-9-19-33)53-51(54-50)55-42-24-11-10-20-37(42)40-29-41-38-23-12-22-36(32-16-6-2-7-17-32)48(38)57-46(41)30-43(40)55;1-4-13-31(14-5-1)34-23-25-38-41-29-40-37-19-10-11-21-42(37)55(43(40)30-47(41)57-46(38)28-34)51-53-49(33-17-8-3-9-18-33)52-50(54-51)35-24-26-39-45(27-35)56-44-22-12-20-36(48(39)44)32-15-6-2-7-16-32/h2*1-30H/i1D,3D,4D,5D,8D,9D,10D,11D,12D,13D,14D,15D,18D,19D,20D,21D,22D,23D,24D,25D,26D,27D,28D,29D,30D;10D,11D,19D,21D,23D,25D,27D,28D,29D,30D. The molecule has 0 fully saturated rings. The second-order valence-corrected chi connectivity index (χ2v) is 28.1. The van der Waals surface area contributed by atoms with E-state index in [0.717, 1.165) is 43.8 Å². The second kappa shape index (κ2) is 26.5. The second-order valence-electron chi connectivity index (χ2n) is 26.0. The molecule has 0 atom stereocenters. The largest absolute Gasteiger partial charge is 0.456 e. The van der Waals surface area contributed by atoms with Crippen molar-refractivity contribution in [2.75, 3.05) is 0 Å². The summed E-state index contributed by atoms with van der Waals surface area (Å²) >= 11 is 1.93. The summed E-state index contributed by atoms with van der Waals surface area (Å²) in [6.07, 6.45) is 0. The summed E-state index contributed by atoms with van der Waals surface area (Å²) < 4.78 is 334. The first-order valence-electron chi connectivity index (χ1n) is 52.7. The van der Waals surface area contributed by atoms with E-state index in [1.54, 1.807) is 72.8 Å². The highest BCUT2D eigenvalue weighted by molar-refractivity contribution is 7.26. The van der Waals surface area contributed by atoms with Crippen LogP contribution in [0.3, 0.4) is 0 Å². The average molecular weight is 1530 g/mol. The fraction of sp³-hybridized carbons (Fsp3) is 0. The van der Waals surface area contributed by atoms with Crippen LogP contribution in [-0.4, -0.2) is 39.0 Å². The van der Waals surface area contributed by atoms with Gasteiger partial charge < -0.3 is 8.83 Å². The quantitative estimate of drug-likeness (QED) is 0.133. The highest BCUT2D eigenvalue weighted by Crippen LogP contribution is 2.47. The molecule has 0 aliphatic carbocycles. The summed E-state index contributed by atoms with van der Waals surface area (Å²) in [5, 5.41) is 0.0509. The molecule has 24 rings (SSSR count). The lowest BCUT2D eigenvalue weighted by molar-refractivity contribution is 0.668. The number of para-hydroxylation sites is 2. The fourth-order valence-corrected chi connectivity index (χ4v) is 16.5. The van der Waals surface area contributed by atoms with Gasteiger partial charge in [0.2, 0.25) is 11.9 Å². The molecule has 10 nitrogen and oxygen atoms in total. The minimum Gasteiger partial charge on any atom is -0.456 e. The molecule has 0 unspecified atom stereocenters. The first-order valence-corrected chi connectivity index (χ1v) is 36.8.